The molecular weight excluding hydrogens is 216 g/mol. The van der Waals surface area contributed by atoms with Gasteiger partial charge in [0.25, 0.3) is 5.91 Å². The van der Waals surface area contributed by atoms with Crippen molar-refractivity contribution in [2.24, 2.45) is 5.10 Å². The van der Waals surface area contributed by atoms with E-state index in [-0.39, 0.29) is 5.91 Å². The van der Waals surface area contributed by atoms with Crippen molar-refractivity contribution in [1.29, 1.82) is 0 Å². The van der Waals surface area contributed by atoms with E-state index >= 15 is 0 Å². The molecule has 1 amide bonds. The minimum absolute atomic E-state index is 0.00857. The van der Waals surface area contributed by atoms with Crippen molar-refractivity contribution in [1.82, 2.24) is 10.2 Å². The van der Waals surface area contributed by atoms with Crippen LogP contribution in [0.1, 0.15) is 13.3 Å². The van der Waals surface area contributed by atoms with Crippen molar-refractivity contribution in [3.8, 4) is 0 Å². The minimum atomic E-state index is -0.00857. The molecule has 0 spiro atoms. The van der Waals surface area contributed by atoms with Gasteiger partial charge in [0.1, 0.15) is 0 Å². The summed E-state index contributed by atoms with van der Waals surface area (Å²) < 4.78 is 0. The maximum absolute atomic E-state index is 11.7. The van der Waals surface area contributed by atoms with Crippen molar-refractivity contribution in [3.05, 3.63) is 30.5 Å². The number of carbonyl (C=O) groups is 1. The van der Waals surface area contributed by atoms with Gasteiger partial charge in [-0.3, -0.25) is 4.79 Å². The quantitative estimate of drug-likeness (QED) is 0.744. The number of amides is 1. The molecule has 0 fully saturated rings. The van der Waals surface area contributed by atoms with Gasteiger partial charge in [-0.1, -0.05) is 6.07 Å². The highest BCUT2D eigenvalue weighted by Crippen LogP contribution is 2.23. The van der Waals surface area contributed by atoms with Crippen LogP contribution in [0.3, 0.4) is 0 Å². The van der Waals surface area contributed by atoms with Crippen LogP contribution in [0.2, 0.25) is 0 Å². The molecule has 1 aromatic heterocycles. The fourth-order valence-electron chi connectivity index (χ4n) is 1.86. The smallest absolute Gasteiger partial charge is 0.253 e. The zero-order chi connectivity index (χ0) is 11.8. The van der Waals surface area contributed by atoms with Gasteiger partial charge in [-0.2, -0.15) is 15.3 Å². The Morgan fingerprint density at radius 3 is 2.94 bits per heavy atom. The van der Waals surface area contributed by atoms with Crippen molar-refractivity contribution in [2.75, 3.05) is 5.01 Å². The molecule has 0 radical (unpaired) electrons. The van der Waals surface area contributed by atoms with E-state index in [1.807, 2.05) is 31.2 Å². The molecule has 17 heavy (non-hydrogen) atoms. The summed E-state index contributed by atoms with van der Waals surface area (Å²) in [6.07, 6.45) is 2.03. The van der Waals surface area contributed by atoms with Crippen LogP contribution in [0, 0.1) is 0 Å². The Labute approximate surface area is 97.8 Å². The third-order valence-corrected chi connectivity index (χ3v) is 2.66. The molecular formula is C12H10N4O. The fourth-order valence-corrected chi connectivity index (χ4v) is 1.86. The SMILES string of the molecule is CC1=NN(c2ccc3ccnnc3c2)C(=O)C1. The molecule has 5 nitrogen and oxygen atoms in total. The van der Waals surface area contributed by atoms with Crippen LogP contribution < -0.4 is 5.01 Å². The largest absolute Gasteiger partial charge is 0.272 e. The first kappa shape index (κ1) is 9.89. The van der Waals surface area contributed by atoms with E-state index in [0.717, 1.165) is 22.3 Å². The molecule has 3 rings (SSSR count). The van der Waals surface area contributed by atoms with Crippen LogP contribution in [-0.2, 0) is 4.79 Å². The lowest BCUT2D eigenvalue weighted by molar-refractivity contribution is -0.116. The maximum Gasteiger partial charge on any atom is 0.253 e. The number of carbonyl (C=O) groups excluding carboxylic acids is 1. The average molecular weight is 226 g/mol. The van der Waals surface area contributed by atoms with E-state index in [1.54, 1.807) is 6.20 Å². The topological polar surface area (TPSA) is 58.5 Å². The predicted molar refractivity (Wildman–Crippen MR) is 64.8 cm³/mol. The van der Waals surface area contributed by atoms with E-state index in [2.05, 4.69) is 15.3 Å². The Kier molecular flexibility index (Phi) is 2.11. The first-order valence-electron chi connectivity index (χ1n) is 5.32. The van der Waals surface area contributed by atoms with Gasteiger partial charge in [0, 0.05) is 11.1 Å². The zero-order valence-electron chi connectivity index (χ0n) is 9.29. The number of fused-ring (bicyclic) bond motifs is 1. The van der Waals surface area contributed by atoms with Gasteiger partial charge in [-0.25, -0.2) is 5.01 Å². The lowest BCUT2D eigenvalue weighted by Crippen LogP contribution is -2.19. The summed E-state index contributed by atoms with van der Waals surface area (Å²) in [7, 11) is 0. The second kappa shape index (κ2) is 3.62. The highest BCUT2D eigenvalue weighted by Gasteiger charge is 2.22. The van der Waals surface area contributed by atoms with E-state index in [4.69, 9.17) is 0 Å². The van der Waals surface area contributed by atoms with Gasteiger partial charge in [0.05, 0.1) is 23.8 Å². The Bertz CT molecular complexity index is 635. The number of nitrogens with zero attached hydrogens (tertiary/aromatic N) is 4. The van der Waals surface area contributed by atoms with Gasteiger partial charge < -0.3 is 0 Å². The second-order valence-electron chi connectivity index (χ2n) is 3.99. The maximum atomic E-state index is 11.7. The molecule has 0 atom stereocenters. The molecule has 2 aromatic rings. The summed E-state index contributed by atoms with van der Waals surface area (Å²) in [4.78, 5) is 11.7. The molecule has 1 aromatic carbocycles. The number of hydrogen-bond donors (Lipinski definition) is 0. The minimum Gasteiger partial charge on any atom is -0.272 e. The molecule has 2 heterocycles. The molecule has 1 aliphatic rings. The Morgan fingerprint density at radius 2 is 2.18 bits per heavy atom. The second-order valence-corrected chi connectivity index (χ2v) is 3.99. The van der Waals surface area contributed by atoms with Crippen molar-refractivity contribution in [3.63, 3.8) is 0 Å². The normalized spacial score (nSPS) is 15.5. The van der Waals surface area contributed by atoms with Gasteiger partial charge in [-0.15, -0.1) is 0 Å². The summed E-state index contributed by atoms with van der Waals surface area (Å²) in [5.74, 6) is -0.00857. The van der Waals surface area contributed by atoms with Crippen LogP contribution in [-0.4, -0.2) is 21.8 Å². The first-order valence-corrected chi connectivity index (χ1v) is 5.32. The highest BCUT2D eigenvalue weighted by atomic mass is 16.2. The van der Waals surface area contributed by atoms with Crippen molar-refractivity contribution in [2.45, 2.75) is 13.3 Å². The lowest BCUT2D eigenvalue weighted by Gasteiger charge is -2.11. The number of rotatable bonds is 1. The Hall–Kier alpha value is -2.30. The van der Waals surface area contributed by atoms with Crippen molar-refractivity contribution < 1.29 is 4.79 Å². The van der Waals surface area contributed by atoms with E-state index in [0.29, 0.717) is 6.42 Å². The molecule has 84 valence electrons. The third-order valence-electron chi connectivity index (χ3n) is 2.66. The highest BCUT2D eigenvalue weighted by molar-refractivity contribution is 6.12. The average Bonchev–Trinajstić information content (AvgIpc) is 2.68. The van der Waals surface area contributed by atoms with Crippen LogP contribution >= 0.6 is 0 Å². The number of hydrazone groups is 1. The van der Waals surface area contributed by atoms with Crippen LogP contribution in [0.15, 0.2) is 35.6 Å². The Morgan fingerprint density at radius 1 is 1.29 bits per heavy atom. The number of aromatic nitrogens is 2. The summed E-state index contributed by atoms with van der Waals surface area (Å²) in [5.41, 5.74) is 2.33. The summed E-state index contributed by atoms with van der Waals surface area (Å²) in [6.45, 7) is 1.85. The van der Waals surface area contributed by atoms with E-state index in [1.165, 1.54) is 5.01 Å². The molecule has 1 aliphatic heterocycles. The molecule has 0 N–H and O–H groups in total. The third kappa shape index (κ3) is 1.65. The van der Waals surface area contributed by atoms with Gasteiger partial charge in [0.15, 0.2) is 0 Å². The molecule has 0 bridgehead atoms. The van der Waals surface area contributed by atoms with E-state index < -0.39 is 0 Å². The van der Waals surface area contributed by atoms with E-state index in [9.17, 15) is 4.79 Å². The predicted octanol–water partition coefficient (Wildman–Crippen LogP) is 1.74. The number of hydrogen-bond acceptors (Lipinski definition) is 4. The standard InChI is InChI=1S/C12H10N4O/c1-8-6-12(17)16(15-8)10-3-2-9-4-5-13-14-11(9)7-10/h2-5,7H,6H2,1H3. The van der Waals surface area contributed by atoms with Crippen molar-refractivity contribution >= 4 is 28.2 Å². The Balaban J connectivity index is 2.09. The number of anilines is 1. The molecule has 0 unspecified atom stereocenters. The zero-order valence-corrected chi connectivity index (χ0v) is 9.29. The molecule has 5 heteroatoms. The summed E-state index contributed by atoms with van der Waals surface area (Å²) in [6, 6.07) is 7.48. The van der Waals surface area contributed by atoms with Crippen LogP contribution in [0.5, 0.6) is 0 Å². The van der Waals surface area contributed by atoms with Gasteiger partial charge in [0.2, 0.25) is 0 Å². The lowest BCUT2D eigenvalue weighted by atomic mass is 10.2. The van der Waals surface area contributed by atoms with Gasteiger partial charge >= 0.3 is 0 Å². The van der Waals surface area contributed by atoms with Crippen LogP contribution in [0.4, 0.5) is 5.69 Å². The van der Waals surface area contributed by atoms with Crippen LogP contribution in [0.25, 0.3) is 10.9 Å². The monoisotopic (exact) mass is 226 g/mol. The molecule has 0 saturated carbocycles. The summed E-state index contributed by atoms with van der Waals surface area (Å²) in [5, 5.41) is 14.5. The first-order chi connectivity index (χ1) is 8.24. The summed E-state index contributed by atoms with van der Waals surface area (Å²) >= 11 is 0. The van der Waals surface area contributed by atoms with Gasteiger partial charge in [-0.05, 0) is 25.1 Å². The molecule has 0 saturated heterocycles. The fraction of sp³-hybridized carbons (Fsp3) is 0.167. The number of benzene rings is 1. The molecule has 0 aliphatic carbocycles.